The monoisotopic (exact) mass is 275 g/mol. The second-order valence-electron chi connectivity index (χ2n) is 5.73. The van der Waals surface area contributed by atoms with Gasteiger partial charge in [-0.1, -0.05) is 11.6 Å². The zero-order valence-electron chi connectivity index (χ0n) is 11.7. The molecular formula is C15H21N3O2. The SMILES string of the molecule is Cc1ccc(NN)c(C(=O)NC2CCOC2C2CC2)c1. The van der Waals surface area contributed by atoms with Crippen LogP contribution in [0.3, 0.4) is 0 Å². The molecule has 1 aromatic carbocycles. The van der Waals surface area contributed by atoms with Crippen molar-refractivity contribution >= 4 is 11.6 Å². The van der Waals surface area contributed by atoms with Crippen LogP contribution in [0.5, 0.6) is 0 Å². The number of nitrogen functional groups attached to an aromatic ring is 1. The number of amides is 1. The van der Waals surface area contributed by atoms with Crippen LogP contribution in [0.15, 0.2) is 18.2 Å². The molecule has 3 rings (SSSR count). The summed E-state index contributed by atoms with van der Waals surface area (Å²) >= 11 is 0. The van der Waals surface area contributed by atoms with Crippen molar-refractivity contribution in [3.63, 3.8) is 0 Å². The van der Waals surface area contributed by atoms with Crippen molar-refractivity contribution in [2.45, 2.75) is 38.3 Å². The average Bonchev–Trinajstić information content (AvgIpc) is 3.19. The Kier molecular flexibility index (Phi) is 3.63. The molecular weight excluding hydrogens is 254 g/mol. The van der Waals surface area contributed by atoms with Gasteiger partial charge in [0.05, 0.1) is 23.4 Å². The van der Waals surface area contributed by atoms with Crippen LogP contribution in [0.1, 0.15) is 35.2 Å². The first kappa shape index (κ1) is 13.4. The largest absolute Gasteiger partial charge is 0.376 e. The van der Waals surface area contributed by atoms with Crippen molar-refractivity contribution in [2.75, 3.05) is 12.0 Å². The Morgan fingerprint density at radius 3 is 2.85 bits per heavy atom. The molecule has 0 aromatic heterocycles. The number of anilines is 1. The van der Waals surface area contributed by atoms with E-state index in [0.717, 1.165) is 18.6 Å². The van der Waals surface area contributed by atoms with E-state index in [9.17, 15) is 4.79 Å². The van der Waals surface area contributed by atoms with Crippen LogP contribution in [-0.2, 0) is 4.74 Å². The fourth-order valence-corrected chi connectivity index (χ4v) is 2.87. The van der Waals surface area contributed by atoms with Gasteiger partial charge < -0.3 is 15.5 Å². The Morgan fingerprint density at radius 2 is 2.15 bits per heavy atom. The Labute approximate surface area is 118 Å². The molecule has 1 amide bonds. The van der Waals surface area contributed by atoms with Gasteiger partial charge in [-0.3, -0.25) is 10.6 Å². The van der Waals surface area contributed by atoms with Crippen LogP contribution in [-0.4, -0.2) is 24.7 Å². The number of carbonyl (C=O) groups is 1. The number of hydrogen-bond donors (Lipinski definition) is 3. The minimum Gasteiger partial charge on any atom is -0.376 e. The lowest BCUT2D eigenvalue weighted by molar-refractivity contribution is 0.0730. The molecule has 2 unspecified atom stereocenters. The molecule has 2 aliphatic rings. The maximum Gasteiger partial charge on any atom is 0.253 e. The van der Waals surface area contributed by atoms with Crippen LogP contribution in [0, 0.1) is 12.8 Å². The number of carbonyl (C=O) groups excluding carboxylic acids is 1. The minimum atomic E-state index is -0.0807. The van der Waals surface area contributed by atoms with Crippen molar-refractivity contribution in [3.05, 3.63) is 29.3 Å². The fourth-order valence-electron chi connectivity index (χ4n) is 2.87. The van der Waals surface area contributed by atoms with Gasteiger partial charge in [0, 0.05) is 6.61 Å². The quantitative estimate of drug-likeness (QED) is 0.576. The summed E-state index contributed by atoms with van der Waals surface area (Å²) in [5.74, 6) is 6.03. The molecule has 20 heavy (non-hydrogen) atoms. The molecule has 1 saturated heterocycles. The summed E-state index contributed by atoms with van der Waals surface area (Å²) in [6.45, 7) is 2.70. The third kappa shape index (κ3) is 2.64. The summed E-state index contributed by atoms with van der Waals surface area (Å²) in [6.07, 6.45) is 3.52. The molecule has 0 bridgehead atoms. The van der Waals surface area contributed by atoms with E-state index in [4.69, 9.17) is 10.6 Å². The van der Waals surface area contributed by atoms with Crippen LogP contribution in [0.25, 0.3) is 0 Å². The van der Waals surface area contributed by atoms with Crippen LogP contribution >= 0.6 is 0 Å². The number of hydrogen-bond acceptors (Lipinski definition) is 4. The number of rotatable bonds is 4. The van der Waals surface area contributed by atoms with Crippen LogP contribution in [0.2, 0.25) is 0 Å². The first-order valence-corrected chi connectivity index (χ1v) is 7.19. The van der Waals surface area contributed by atoms with Gasteiger partial charge in [0.25, 0.3) is 5.91 Å². The van der Waals surface area contributed by atoms with Crippen molar-refractivity contribution in [1.29, 1.82) is 0 Å². The zero-order valence-corrected chi connectivity index (χ0v) is 11.7. The Morgan fingerprint density at radius 1 is 1.35 bits per heavy atom. The Balaban J connectivity index is 1.74. The summed E-state index contributed by atoms with van der Waals surface area (Å²) in [5.41, 5.74) is 4.86. The highest BCUT2D eigenvalue weighted by Gasteiger charge is 2.41. The highest BCUT2D eigenvalue weighted by atomic mass is 16.5. The molecule has 5 heteroatoms. The molecule has 5 nitrogen and oxygen atoms in total. The smallest absolute Gasteiger partial charge is 0.253 e. The van der Waals surface area contributed by atoms with E-state index in [1.165, 1.54) is 12.8 Å². The van der Waals surface area contributed by atoms with Gasteiger partial charge in [0.1, 0.15) is 0 Å². The summed E-state index contributed by atoms with van der Waals surface area (Å²) < 4.78 is 5.75. The highest BCUT2D eigenvalue weighted by molar-refractivity contribution is 6.00. The highest BCUT2D eigenvalue weighted by Crippen LogP contribution is 2.38. The molecule has 4 N–H and O–H groups in total. The topological polar surface area (TPSA) is 76.4 Å². The van der Waals surface area contributed by atoms with Gasteiger partial charge in [-0.15, -0.1) is 0 Å². The molecule has 2 fully saturated rings. The maximum absolute atomic E-state index is 12.5. The number of ether oxygens (including phenoxy) is 1. The maximum atomic E-state index is 12.5. The van der Waals surface area contributed by atoms with Gasteiger partial charge >= 0.3 is 0 Å². The van der Waals surface area contributed by atoms with Gasteiger partial charge in [-0.05, 0) is 44.2 Å². The molecule has 0 spiro atoms. The standard InChI is InChI=1S/C15H21N3O2/c1-9-2-5-12(18-16)11(8-9)15(19)17-13-6-7-20-14(13)10-3-4-10/h2,5,8,10,13-14,18H,3-4,6-7,16H2,1H3,(H,17,19). The first-order valence-electron chi connectivity index (χ1n) is 7.19. The summed E-state index contributed by atoms with van der Waals surface area (Å²) in [6, 6.07) is 5.74. The van der Waals surface area contributed by atoms with Crippen molar-refractivity contribution in [2.24, 2.45) is 11.8 Å². The molecule has 1 aliphatic heterocycles. The molecule has 1 heterocycles. The van der Waals surface area contributed by atoms with E-state index in [-0.39, 0.29) is 18.1 Å². The molecule has 1 aliphatic carbocycles. The molecule has 1 saturated carbocycles. The Hall–Kier alpha value is -1.59. The van der Waals surface area contributed by atoms with Gasteiger partial charge in [-0.25, -0.2) is 0 Å². The fraction of sp³-hybridized carbons (Fsp3) is 0.533. The lowest BCUT2D eigenvalue weighted by Gasteiger charge is -2.20. The normalized spacial score (nSPS) is 25.5. The second kappa shape index (κ2) is 5.42. The van der Waals surface area contributed by atoms with Gasteiger partial charge in [-0.2, -0.15) is 0 Å². The van der Waals surface area contributed by atoms with E-state index >= 15 is 0 Å². The summed E-state index contributed by atoms with van der Waals surface area (Å²) in [7, 11) is 0. The number of nitrogens with one attached hydrogen (secondary N) is 2. The van der Waals surface area contributed by atoms with Crippen molar-refractivity contribution in [3.8, 4) is 0 Å². The van der Waals surface area contributed by atoms with E-state index in [0.29, 0.717) is 17.2 Å². The van der Waals surface area contributed by atoms with E-state index in [1.54, 1.807) is 0 Å². The molecule has 1 aromatic rings. The summed E-state index contributed by atoms with van der Waals surface area (Å²) in [4.78, 5) is 12.5. The third-order valence-corrected chi connectivity index (χ3v) is 4.11. The van der Waals surface area contributed by atoms with Crippen molar-refractivity contribution in [1.82, 2.24) is 5.32 Å². The zero-order chi connectivity index (χ0) is 14.1. The van der Waals surface area contributed by atoms with Gasteiger partial charge in [0.2, 0.25) is 0 Å². The summed E-state index contributed by atoms with van der Waals surface area (Å²) in [5, 5.41) is 3.11. The van der Waals surface area contributed by atoms with E-state index in [1.807, 2.05) is 25.1 Å². The predicted octanol–water partition coefficient (Wildman–Crippen LogP) is 1.58. The second-order valence-corrected chi connectivity index (χ2v) is 5.73. The average molecular weight is 275 g/mol. The van der Waals surface area contributed by atoms with E-state index < -0.39 is 0 Å². The molecule has 108 valence electrons. The van der Waals surface area contributed by atoms with Crippen LogP contribution < -0.4 is 16.6 Å². The lowest BCUT2D eigenvalue weighted by Crippen LogP contribution is -2.41. The molecule has 2 atom stereocenters. The van der Waals surface area contributed by atoms with Crippen LogP contribution in [0.4, 0.5) is 5.69 Å². The number of benzene rings is 1. The Bertz CT molecular complexity index is 514. The number of nitrogens with two attached hydrogens (primary N) is 1. The lowest BCUT2D eigenvalue weighted by atomic mass is 10.0. The molecule has 0 radical (unpaired) electrons. The van der Waals surface area contributed by atoms with E-state index in [2.05, 4.69) is 10.7 Å². The van der Waals surface area contributed by atoms with Gasteiger partial charge in [0.15, 0.2) is 0 Å². The minimum absolute atomic E-state index is 0.0807. The predicted molar refractivity (Wildman–Crippen MR) is 77.3 cm³/mol. The first-order chi connectivity index (χ1) is 9.69. The van der Waals surface area contributed by atoms with Crippen molar-refractivity contribution < 1.29 is 9.53 Å². The number of hydrazine groups is 1. The number of aryl methyl sites for hydroxylation is 1. The third-order valence-electron chi connectivity index (χ3n) is 4.11.